The van der Waals surface area contributed by atoms with E-state index in [1.807, 2.05) is 0 Å². The van der Waals surface area contributed by atoms with Gasteiger partial charge in [-0.3, -0.25) is 0 Å². The quantitative estimate of drug-likeness (QED) is 0.654. The van der Waals surface area contributed by atoms with E-state index in [-0.39, 0.29) is 18.4 Å². The van der Waals surface area contributed by atoms with Gasteiger partial charge in [0.25, 0.3) is 0 Å². The molecule has 6 heteroatoms. The standard InChI is InChI=1S/C6H12O.2ClH.2H2N.Pt/c7-6-4-2-1-3-5-6;;;;;/h6-7H,1-5H2;2*1H;2*1H2;/q;;;2*-1;+4/p-2. The third-order valence-corrected chi connectivity index (χ3v) is 1.57. The number of nitrogens with two attached hydrogens (primary N) is 2. The SMILES string of the molecule is OC1CCCCC1.[Cl][Pt+2][Cl].[NH2-].[NH2-]. The van der Waals surface area contributed by atoms with Crippen LogP contribution in [0.5, 0.6) is 0 Å². The summed E-state index contributed by atoms with van der Waals surface area (Å²) in [5, 5.41) is 8.91. The Morgan fingerprint density at radius 1 is 1.00 bits per heavy atom. The van der Waals surface area contributed by atoms with Gasteiger partial charge in [-0.05, 0) is 12.8 Å². The molecule has 0 heterocycles. The van der Waals surface area contributed by atoms with Gasteiger partial charge in [0.15, 0.2) is 0 Å². The second kappa shape index (κ2) is 14.7. The molecule has 0 saturated heterocycles. The van der Waals surface area contributed by atoms with Crippen molar-refractivity contribution in [3.63, 3.8) is 0 Å². The van der Waals surface area contributed by atoms with Crippen molar-refractivity contribution >= 4 is 18.8 Å². The summed E-state index contributed by atoms with van der Waals surface area (Å²) in [6, 6.07) is 0. The summed E-state index contributed by atoms with van der Waals surface area (Å²) in [5.74, 6) is 0. The molecule has 0 aromatic carbocycles. The normalized spacial score (nSPS) is 16.6. The maximum absolute atomic E-state index is 8.91. The molecule has 0 bridgehead atoms. The van der Waals surface area contributed by atoms with Gasteiger partial charge in [-0.25, -0.2) is 0 Å². The van der Waals surface area contributed by atoms with Crippen molar-refractivity contribution in [1.29, 1.82) is 0 Å². The number of aliphatic hydroxyl groups is 1. The van der Waals surface area contributed by atoms with Crippen LogP contribution in [0.25, 0.3) is 12.3 Å². The molecule has 80 valence electrons. The zero-order valence-electron chi connectivity index (χ0n) is 6.79. The molecule has 0 aromatic heterocycles. The Bertz CT molecular complexity index is 74.6. The summed E-state index contributed by atoms with van der Waals surface area (Å²) >= 11 is -0.472. The van der Waals surface area contributed by atoms with Crippen molar-refractivity contribution in [2.24, 2.45) is 0 Å². The van der Waals surface area contributed by atoms with E-state index in [1.54, 1.807) is 0 Å². The van der Waals surface area contributed by atoms with Crippen LogP contribution in [0.3, 0.4) is 0 Å². The summed E-state index contributed by atoms with van der Waals surface area (Å²) in [5.41, 5.74) is 0. The van der Waals surface area contributed by atoms with Crippen molar-refractivity contribution in [3.8, 4) is 0 Å². The Balaban J connectivity index is -0.000000146. The first-order valence-corrected chi connectivity index (χ1v) is 8.94. The molecule has 0 atom stereocenters. The first-order chi connectivity index (χ1) is 4.81. The summed E-state index contributed by atoms with van der Waals surface area (Å²) in [6.07, 6.45) is 5.92. The fraction of sp³-hybridized carbons (Fsp3) is 1.00. The Labute approximate surface area is 90.8 Å². The van der Waals surface area contributed by atoms with Crippen LogP contribution in [0.4, 0.5) is 0 Å². The predicted octanol–water partition coefficient (Wildman–Crippen LogP) is 4.12. The number of rotatable bonds is 0. The third kappa shape index (κ3) is 13.7. The van der Waals surface area contributed by atoms with Crippen molar-refractivity contribution < 1.29 is 21.6 Å². The second-order valence-corrected chi connectivity index (χ2v) is 5.62. The number of aliphatic hydroxyl groups excluding tert-OH is 1. The molecular weight excluding hydrogens is 382 g/mol. The molecule has 0 aliphatic heterocycles. The van der Waals surface area contributed by atoms with Gasteiger partial charge in [-0.2, -0.15) is 0 Å². The van der Waals surface area contributed by atoms with Gasteiger partial charge in [0.2, 0.25) is 0 Å². The maximum atomic E-state index is 8.91. The van der Waals surface area contributed by atoms with Gasteiger partial charge in [-0.1, -0.05) is 19.3 Å². The minimum absolute atomic E-state index is 0. The molecule has 0 amide bonds. The van der Waals surface area contributed by atoms with Crippen molar-refractivity contribution in [3.05, 3.63) is 12.3 Å². The van der Waals surface area contributed by atoms with Crippen molar-refractivity contribution in [2.45, 2.75) is 38.2 Å². The summed E-state index contributed by atoms with van der Waals surface area (Å²) in [6.45, 7) is 0. The van der Waals surface area contributed by atoms with Crippen LogP contribution in [0.2, 0.25) is 0 Å². The third-order valence-electron chi connectivity index (χ3n) is 1.57. The van der Waals surface area contributed by atoms with E-state index in [2.05, 4.69) is 0 Å². The smallest absolute Gasteiger partial charge is 0.693 e. The van der Waals surface area contributed by atoms with E-state index in [1.165, 1.54) is 19.3 Å². The molecule has 12 heavy (non-hydrogen) atoms. The largest absolute Gasteiger partial charge is 0.693 e. The van der Waals surface area contributed by atoms with Crippen LogP contribution in [-0.2, 0) is 16.5 Å². The van der Waals surface area contributed by atoms with Crippen LogP contribution in [0, 0.1) is 0 Å². The molecule has 1 saturated carbocycles. The Kier molecular flexibility index (Phi) is 23.0. The van der Waals surface area contributed by atoms with Crippen LogP contribution in [0.1, 0.15) is 32.1 Å². The first kappa shape index (κ1) is 18.8. The van der Waals surface area contributed by atoms with E-state index >= 15 is 0 Å². The first-order valence-electron chi connectivity index (χ1n) is 3.31. The average Bonchev–Trinajstić information content (AvgIpc) is 1.91. The van der Waals surface area contributed by atoms with Gasteiger partial charge in [0.05, 0.1) is 6.10 Å². The molecule has 1 rings (SSSR count). The minimum atomic E-state index is -0.472. The number of halogens is 2. The maximum Gasteiger partial charge on any atom is -0.693 e. The van der Waals surface area contributed by atoms with Crippen LogP contribution in [0.15, 0.2) is 0 Å². The Hall–Kier alpha value is 1.15. The van der Waals surface area contributed by atoms with Gasteiger partial charge in [0, 0.05) is 0 Å². The van der Waals surface area contributed by atoms with Crippen LogP contribution >= 0.6 is 18.8 Å². The molecule has 0 spiro atoms. The summed E-state index contributed by atoms with van der Waals surface area (Å²) in [7, 11) is 9.75. The summed E-state index contributed by atoms with van der Waals surface area (Å²) in [4.78, 5) is 0. The molecule has 0 radical (unpaired) electrons. The minimum Gasteiger partial charge on any atom is -0.693 e. The number of hydrogen-bond donors (Lipinski definition) is 1. The monoisotopic (exact) mass is 397 g/mol. The second-order valence-electron chi connectivity index (χ2n) is 2.34. The average molecular weight is 398 g/mol. The molecule has 0 aromatic rings. The Morgan fingerprint density at radius 3 is 1.50 bits per heavy atom. The summed E-state index contributed by atoms with van der Waals surface area (Å²) < 4.78 is 0. The molecular formula is C6H16Cl2N2OPt. The van der Waals surface area contributed by atoms with E-state index in [0.29, 0.717) is 0 Å². The zero-order chi connectivity index (χ0) is 7.82. The fourth-order valence-electron chi connectivity index (χ4n) is 1.08. The van der Waals surface area contributed by atoms with Crippen LogP contribution in [-0.4, -0.2) is 11.2 Å². The van der Waals surface area contributed by atoms with Crippen LogP contribution < -0.4 is 0 Å². The molecule has 3 nitrogen and oxygen atoms in total. The topological polar surface area (TPSA) is 87.2 Å². The van der Waals surface area contributed by atoms with Gasteiger partial charge < -0.3 is 17.4 Å². The Morgan fingerprint density at radius 2 is 1.33 bits per heavy atom. The van der Waals surface area contributed by atoms with E-state index in [9.17, 15) is 0 Å². The zero-order valence-corrected chi connectivity index (χ0v) is 10.6. The molecule has 1 aliphatic rings. The van der Waals surface area contributed by atoms with E-state index in [0.717, 1.165) is 12.8 Å². The van der Waals surface area contributed by atoms with Crippen molar-refractivity contribution in [2.75, 3.05) is 0 Å². The molecule has 0 unspecified atom stereocenters. The van der Waals surface area contributed by atoms with E-state index < -0.39 is 16.5 Å². The molecule has 1 aliphatic carbocycles. The van der Waals surface area contributed by atoms with E-state index in [4.69, 9.17) is 23.9 Å². The predicted molar refractivity (Wildman–Crippen MR) is 51.4 cm³/mol. The molecule has 1 fully saturated rings. The number of hydrogen-bond acceptors (Lipinski definition) is 1. The van der Waals surface area contributed by atoms with Crippen molar-refractivity contribution in [1.82, 2.24) is 0 Å². The molecule has 5 N–H and O–H groups in total. The van der Waals surface area contributed by atoms with Gasteiger partial charge in [0.1, 0.15) is 0 Å². The van der Waals surface area contributed by atoms with Gasteiger partial charge >= 0.3 is 35.3 Å². The van der Waals surface area contributed by atoms with Gasteiger partial charge in [-0.15, -0.1) is 0 Å². The fourth-order valence-corrected chi connectivity index (χ4v) is 1.08.